The van der Waals surface area contributed by atoms with Crippen LogP contribution in [0, 0.1) is 19.8 Å². The number of carbonyl (C=O) groups excluding carboxylic acids is 1. The molecule has 1 aliphatic rings. The number of rotatable bonds is 5. The van der Waals surface area contributed by atoms with Crippen LogP contribution in [-0.2, 0) is 21.2 Å². The van der Waals surface area contributed by atoms with E-state index in [0.717, 1.165) is 17.7 Å². The van der Waals surface area contributed by atoms with Crippen molar-refractivity contribution in [2.45, 2.75) is 44.9 Å². The van der Waals surface area contributed by atoms with Crippen molar-refractivity contribution in [1.29, 1.82) is 0 Å². The Balaban J connectivity index is 1.66. The van der Waals surface area contributed by atoms with E-state index < -0.39 is 10.0 Å². The zero-order chi connectivity index (χ0) is 19.6. The third kappa shape index (κ3) is 3.91. The van der Waals surface area contributed by atoms with Gasteiger partial charge in [-0.25, -0.2) is 8.42 Å². The van der Waals surface area contributed by atoms with E-state index in [0.29, 0.717) is 37.4 Å². The first kappa shape index (κ1) is 19.6. The molecule has 0 aliphatic carbocycles. The fourth-order valence-corrected chi connectivity index (χ4v) is 5.28. The summed E-state index contributed by atoms with van der Waals surface area (Å²) in [4.78, 5) is 12.8. The summed E-state index contributed by atoms with van der Waals surface area (Å²) < 4.78 is 32.2. The van der Waals surface area contributed by atoms with Crippen molar-refractivity contribution >= 4 is 21.6 Å². The maximum Gasteiger partial charge on any atom is 0.248 e. The van der Waals surface area contributed by atoms with Crippen LogP contribution in [0.15, 0.2) is 33.7 Å². The Morgan fingerprint density at radius 3 is 2.52 bits per heavy atom. The summed E-state index contributed by atoms with van der Waals surface area (Å²) in [6.07, 6.45) is 1.82. The van der Waals surface area contributed by atoms with E-state index in [1.54, 1.807) is 13.8 Å². The topological polar surface area (TPSA) is 92.5 Å². The van der Waals surface area contributed by atoms with Crippen LogP contribution in [0.1, 0.15) is 36.8 Å². The molecule has 1 aromatic heterocycles. The molecule has 0 saturated carbocycles. The van der Waals surface area contributed by atoms with Gasteiger partial charge < -0.3 is 9.84 Å². The van der Waals surface area contributed by atoms with E-state index >= 15 is 0 Å². The highest BCUT2D eigenvalue weighted by atomic mass is 32.2. The summed E-state index contributed by atoms with van der Waals surface area (Å²) in [5.74, 6) is 0.0415. The fraction of sp³-hybridized carbons (Fsp3) is 0.474. The Bertz CT molecular complexity index is 909. The molecule has 0 unspecified atom stereocenters. The fourth-order valence-electron chi connectivity index (χ4n) is 3.52. The monoisotopic (exact) mass is 391 g/mol. The minimum Gasteiger partial charge on any atom is -0.360 e. The van der Waals surface area contributed by atoms with Gasteiger partial charge in [0.1, 0.15) is 10.6 Å². The third-order valence-electron chi connectivity index (χ3n) is 5.05. The SMILES string of the molecule is CCc1ccccc1NC(=O)C1CCN(S(=O)(=O)c2c(C)noc2C)CC1. The van der Waals surface area contributed by atoms with Gasteiger partial charge in [0.05, 0.1) is 0 Å². The summed E-state index contributed by atoms with van der Waals surface area (Å²) in [5, 5.41) is 6.74. The quantitative estimate of drug-likeness (QED) is 0.846. The molecule has 1 saturated heterocycles. The average molecular weight is 391 g/mol. The van der Waals surface area contributed by atoms with Gasteiger partial charge >= 0.3 is 0 Å². The van der Waals surface area contributed by atoms with E-state index in [-0.39, 0.29) is 16.7 Å². The van der Waals surface area contributed by atoms with Gasteiger partial charge in [-0.05, 0) is 44.7 Å². The zero-order valence-electron chi connectivity index (χ0n) is 15.9. The number of hydrogen-bond acceptors (Lipinski definition) is 5. The maximum absolute atomic E-state index is 12.9. The molecule has 1 aliphatic heterocycles. The number of hydrogen-bond donors (Lipinski definition) is 1. The van der Waals surface area contributed by atoms with Gasteiger partial charge in [-0.15, -0.1) is 0 Å². The standard InChI is InChI=1S/C19H25N3O4S/c1-4-15-7-5-6-8-17(15)20-19(23)16-9-11-22(12-10-16)27(24,25)18-13(2)21-26-14(18)3/h5-8,16H,4,9-12H2,1-3H3,(H,20,23). The Morgan fingerprint density at radius 1 is 1.26 bits per heavy atom. The predicted octanol–water partition coefficient (Wildman–Crippen LogP) is 2.89. The molecule has 2 heterocycles. The van der Waals surface area contributed by atoms with Crippen molar-refractivity contribution in [2.24, 2.45) is 5.92 Å². The van der Waals surface area contributed by atoms with Crippen LogP contribution >= 0.6 is 0 Å². The van der Waals surface area contributed by atoms with Crippen LogP contribution in [0.5, 0.6) is 0 Å². The molecule has 27 heavy (non-hydrogen) atoms. The lowest BCUT2D eigenvalue weighted by Crippen LogP contribution is -2.41. The van der Waals surface area contributed by atoms with E-state index in [4.69, 9.17) is 4.52 Å². The molecule has 8 heteroatoms. The van der Waals surface area contributed by atoms with Crippen molar-refractivity contribution in [3.05, 3.63) is 41.3 Å². The maximum atomic E-state index is 12.9. The molecule has 1 aromatic carbocycles. The number of aromatic nitrogens is 1. The normalized spacial score (nSPS) is 16.4. The van der Waals surface area contributed by atoms with Crippen molar-refractivity contribution in [1.82, 2.24) is 9.46 Å². The number of piperidine rings is 1. The molecule has 7 nitrogen and oxygen atoms in total. The summed E-state index contributed by atoms with van der Waals surface area (Å²) in [7, 11) is -3.65. The van der Waals surface area contributed by atoms with Crippen molar-refractivity contribution in [2.75, 3.05) is 18.4 Å². The first-order valence-corrected chi connectivity index (χ1v) is 10.6. The molecule has 2 aromatic rings. The molecule has 0 radical (unpaired) electrons. The summed E-state index contributed by atoms with van der Waals surface area (Å²) >= 11 is 0. The number of benzene rings is 1. The lowest BCUT2D eigenvalue weighted by atomic mass is 9.97. The summed E-state index contributed by atoms with van der Waals surface area (Å²) in [5.41, 5.74) is 2.28. The van der Waals surface area contributed by atoms with Gasteiger partial charge in [-0.2, -0.15) is 4.31 Å². The van der Waals surface area contributed by atoms with Crippen LogP contribution in [0.2, 0.25) is 0 Å². The smallest absolute Gasteiger partial charge is 0.248 e. The van der Waals surface area contributed by atoms with Crippen LogP contribution in [0.3, 0.4) is 0 Å². The number of sulfonamides is 1. The minimum atomic E-state index is -3.65. The second-order valence-corrected chi connectivity index (χ2v) is 8.71. The van der Waals surface area contributed by atoms with E-state index in [9.17, 15) is 13.2 Å². The second-order valence-electron chi connectivity index (χ2n) is 6.83. The molecule has 0 spiro atoms. The molecular formula is C19H25N3O4S. The van der Waals surface area contributed by atoms with Crippen molar-refractivity contribution in [3.8, 4) is 0 Å². The number of carbonyl (C=O) groups is 1. The van der Waals surface area contributed by atoms with E-state index in [2.05, 4.69) is 10.5 Å². The molecule has 146 valence electrons. The molecule has 0 bridgehead atoms. The highest BCUT2D eigenvalue weighted by Crippen LogP contribution is 2.28. The Kier molecular flexibility index (Phi) is 5.67. The number of anilines is 1. The lowest BCUT2D eigenvalue weighted by Gasteiger charge is -2.30. The van der Waals surface area contributed by atoms with Crippen LogP contribution in [0.4, 0.5) is 5.69 Å². The first-order chi connectivity index (χ1) is 12.8. The highest BCUT2D eigenvalue weighted by Gasteiger charge is 2.35. The van der Waals surface area contributed by atoms with Crippen molar-refractivity contribution in [3.63, 3.8) is 0 Å². The molecule has 3 rings (SSSR count). The van der Waals surface area contributed by atoms with E-state index in [1.165, 1.54) is 4.31 Å². The van der Waals surface area contributed by atoms with Gasteiger partial charge in [-0.3, -0.25) is 4.79 Å². The molecule has 0 atom stereocenters. The predicted molar refractivity (Wildman–Crippen MR) is 102 cm³/mol. The summed E-state index contributed by atoms with van der Waals surface area (Å²) in [6.45, 7) is 5.87. The molecule has 1 amide bonds. The van der Waals surface area contributed by atoms with Crippen LogP contribution in [0.25, 0.3) is 0 Å². The summed E-state index contributed by atoms with van der Waals surface area (Å²) in [6, 6.07) is 7.74. The zero-order valence-corrected chi connectivity index (χ0v) is 16.7. The van der Waals surface area contributed by atoms with Gasteiger partial charge in [0, 0.05) is 24.7 Å². The largest absolute Gasteiger partial charge is 0.360 e. The number of amides is 1. The van der Waals surface area contributed by atoms with Gasteiger partial charge in [0.2, 0.25) is 15.9 Å². The molecule has 1 fully saturated rings. The van der Waals surface area contributed by atoms with E-state index in [1.807, 2.05) is 31.2 Å². The number of para-hydroxylation sites is 1. The van der Waals surface area contributed by atoms with Gasteiger partial charge in [-0.1, -0.05) is 30.3 Å². The number of nitrogens with zero attached hydrogens (tertiary/aromatic N) is 2. The second kappa shape index (κ2) is 7.82. The minimum absolute atomic E-state index is 0.0507. The third-order valence-corrected chi connectivity index (χ3v) is 7.19. The van der Waals surface area contributed by atoms with Crippen molar-refractivity contribution < 1.29 is 17.7 Å². The first-order valence-electron chi connectivity index (χ1n) is 9.16. The number of nitrogens with one attached hydrogen (secondary N) is 1. The molecule has 1 N–H and O–H groups in total. The van der Waals surface area contributed by atoms with Crippen LogP contribution in [-0.4, -0.2) is 36.9 Å². The van der Waals surface area contributed by atoms with Crippen LogP contribution < -0.4 is 5.32 Å². The Morgan fingerprint density at radius 2 is 1.93 bits per heavy atom. The highest BCUT2D eigenvalue weighted by molar-refractivity contribution is 7.89. The Hall–Kier alpha value is -2.19. The average Bonchev–Trinajstić information content (AvgIpc) is 3.01. The molecular weight excluding hydrogens is 366 g/mol. The lowest BCUT2D eigenvalue weighted by molar-refractivity contribution is -0.120. The van der Waals surface area contributed by atoms with Gasteiger partial charge in [0.25, 0.3) is 0 Å². The Labute approximate surface area is 159 Å². The van der Waals surface area contributed by atoms with Gasteiger partial charge in [0.15, 0.2) is 5.76 Å². The number of aryl methyl sites for hydroxylation is 3.